The minimum atomic E-state index is -0.281. The molecule has 25 heavy (non-hydrogen) atoms. The Hall–Kier alpha value is -2.28. The van der Waals surface area contributed by atoms with Crippen molar-refractivity contribution in [2.24, 2.45) is 0 Å². The van der Waals surface area contributed by atoms with Gasteiger partial charge in [-0.1, -0.05) is 0 Å². The molecule has 1 aliphatic heterocycles. The summed E-state index contributed by atoms with van der Waals surface area (Å²) in [7, 11) is 1.52. The molecule has 1 saturated carbocycles. The van der Waals surface area contributed by atoms with E-state index in [1.807, 2.05) is 0 Å². The summed E-state index contributed by atoms with van der Waals surface area (Å²) in [6.45, 7) is 0.565. The van der Waals surface area contributed by atoms with Crippen molar-refractivity contribution in [3.05, 3.63) is 23.8 Å². The minimum Gasteiger partial charge on any atom is -0.495 e. The number of methoxy groups -OCH3 is 1. The fraction of sp³-hybridized carbons (Fsp3) is 0.556. The first kappa shape index (κ1) is 17.5. The summed E-state index contributed by atoms with van der Waals surface area (Å²) >= 11 is 0. The van der Waals surface area contributed by atoms with Crippen LogP contribution in [0.1, 0.15) is 42.5 Å². The van der Waals surface area contributed by atoms with Gasteiger partial charge >= 0.3 is 6.03 Å². The third kappa shape index (κ3) is 4.22. The molecule has 1 aromatic rings. The van der Waals surface area contributed by atoms with Crippen molar-refractivity contribution in [3.63, 3.8) is 0 Å². The first-order valence-corrected chi connectivity index (χ1v) is 8.79. The number of likely N-dealkylation sites (tertiary alicyclic amines) is 1. The molecule has 3 amide bonds. The van der Waals surface area contributed by atoms with E-state index in [2.05, 4.69) is 10.6 Å². The Labute approximate surface area is 147 Å². The standard InChI is InChI=1S/C18H25N3O4/c1-25-16-8-5-12(17(23)19-13-6-7-13)10-15(16)20-18(24)21-9-3-2-4-14(21)11-22/h5,8,10,13-14,22H,2-4,6-7,9,11H2,1H3,(H,19,23)(H,20,24)/t14-/m0/s1. The third-order valence-electron chi connectivity index (χ3n) is 4.71. The maximum Gasteiger partial charge on any atom is 0.322 e. The van der Waals surface area contributed by atoms with Crippen LogP contribution in [0.3, 0.4) is 0 Å². The van der Waals surface area contributed by atoms with Crippen LogP contribution in [0, 0.1) is 0 Å². The third-order valence-corrected chi connectivity index (χ3v) is 4.71. The van der Waals surface area contributed by atoms with Crippen LogP contribution >= 0.6 is 0 Å². The number of urea groups is 1. The molecule has 2 aliphatic rings. The average Bonchev–Trinajstić information content (AvgIpc) is 3.45. The van der Waals surface area contributed by atoms with Gasteiger partial charge in [-0.2, -0.15) is 0 Å². The lowest BCUT2D eigenvalue weighted by atomic mass is 10.0. The Kier molecular flexibility index (Phi) is 5.43. The van der Waals surface area contributed by atoms with E-state index in [-0.39, 0.29) is 30.6 Å². The fourth-order valence-corrected chi connectivity index (χ4v) is 3.09. The lowest BCUT2D eigenvalue weighted by molar-refractivity contribution is 0.0951. The molecule has 136 valence electrons. The zero-order chi connectivity index (χ0) is 17.8. The number of nitrogens with one attached hydrogen (secondary N) is 2. The lowest BCUT2D eigenvalue weighted by Crippen LogP contribution is -2.47. The van der Waals surface area contributed by atoms with E-state index in [0.29, 0.717) is 23.5 Å². The summed E-state index contributed by atoms with van der Waals surface area (Å²) in [5.74, 6) is 0.348. The number of aliphatic hydroxyl groups is 1. The second-order valence-corrected chi connectivity index (χ2v) is 6.62. The lowest BCUT2D eigenvalue weighted by Gasteiger charge is -2.34. The Morgan fingerprint density at radius 1 is 1.28 bits per heavy atom. The van der Waals surface area contributed by atoms with Gasteiger partial charge < -0.3 is 25.4 Å². The molecule has 1 atom stereocenters. The van der Waals surface area contributed by atoms with Crippen LogP contribution in [0.2, 0.25) is 0 Å². The molecule has 1 heterocycles. The highest BCUT2D eigenvalue weighted by Crippen LogP contribution is 2.28. The highest BCUT2D eigenvalue weighted by atomic mass is 16.5. The summed E-state index contributed by atoms with van der Waals surface area (Å²) in [5.41, 5.74) is 0.943. The largest absolute Gasteiger partial charge is 0.495 e. The van der Waals surface area contributed by atoms with Gasteiger partial charge in [-0.05, 0) is 50.3 Å². The smallest absolute Gasteiger partial charge is 0.322 e. The summed E-state index contributed by atoms with van der Waals surface area (Å²) in [4.78, 5) is 26.5. The van der Waals surface area contributed by atoms with Crippen LogP contribution in [-0.4, -0.2) is 54.3 Å². The first-order chi connectivity index (χ1) is 12.1. The van der Waals surface area contributed by atoms with E-state index in [0.717, 1.165) is 32.1 Å². The highest BCUT2D eigenvalue weighted by Gasteiger charge is 2.27. The molecule has 7 heteroatoms. The Balaban J connectivity index is 1.74. The van der Waals surface area contributed by atoms with Crippen molar-refractivity contribution in [2.45, 2.75) is 44.2 Å². The second-order valence-electron chi connectivity index (χ2n) is 6.62. The predicted octanol–water partition coefficient (Wildman–Crippen LogP) is 1.97. The monoisotopic (exact) mass is 347 g/mol. The number of carbonyl (C=O) groups excluding carboxylic acids is 2. The van der Waals surface area contributed by atoms with Crippen molar-refractivity contribution in [2.75, 3.05) is 25.6 Å². The van der Waals surface area contributed by atoms with E-state index in [1.54, 1.807) is 23.1 Å². The van der Waals surface area contributed by atoms with Crippen LogP contribution in [0.4, 0.5) is 10.5 Å². The van der Waals surface area contributed by atoms with Crippen LogP contribution in [0.5, 0.6) is 5.75 Å². The van der Waals surface area contributed by atoms with Crippen LogP contribution in [-0.2, 0) is 0 Å². The van der Waals surface area contributed by atoms with Crippen LogP contribution in [0.25, 0.3) is 0 Å². The number of piperidine rings is 1. The molecule has 1 aliphatic carbocycles. The van der Waals surface area contributed by atoms with Crippen molar-refractivity contribution in [1.29, 1.82) is 0 Å². The maximum atomic E-state index is 12.6. The number of benzene rings is 1. The molecule has 0 radical (unpaired) electrons. The molecule has 0 bridgehead atoms. The summed E-state index contributed by atoms with van der Waals surface area (Å²) < 4.78 is 5.30. The van der Waals surface area contributed by atoms with E-state index in [1.165, 1.54) is 7.11 Å². The predicted molar refractivity (Wildman–Crippen MR) is 93.9 cm³/mol. The molecule has 3 N–H and O–H groups in total. The van der Waals surface area contributed by atoms with Gasteiger partial charge in [0.25, 0.3) is 5.91 Å². The van der Waals surface area contributed by atoms with Crippen LogP contribution < -0.4 is 15.4 Å². The first-order valence-electron chi connectivity index (χ1n) is 8.79. The SMILES string of the molecule is COc1ccc(C(=O)NC2CC2)cc1NC(=O)N1CCCC[C@H]1CO. The van der Waals surface area contributed by atoms with Crippen molar-refractivity contribution in [3.8, 4) is 5.75 Å². The molecule has 7 nitrogen and oxygen atoms in total. The van der Waals surface area contributed by atoms with Gasteiger partial charge in [-0.25, -0.2) is 4.79 Å². The van der Waals surface area contributed by atoms with Gasteiger partial charge in [0.05, 0.1) is 25.4 Å². The Morgan fingerprint density at radius 2 is 2.08 bits per heavy atom. The molecule has 0 aromatic heterocycles. The zero-order valence-corrected chi connectivity index (χ0v) is 14.5. The number of carbonyl (C=O) groups is 2. The number of aliphatic hydroxyl groups excluding tert-OH is 1. The fourth-order valence-electron chi connectivity index (χ4n) is 3.09. The van der Waals surface area contributed by atoms with Crippen molar-refractivity contribution >= 4 is 17.6 Å². The topological polar surface area (TPSA) is 90.9 Å². The van der Waals surface area contributed by atoms with E-state index in [4.69, 9.17) is 4.74 Å². The zero-order valence-electron chi connectivity index (χ0n) is 14.5. The van der Waals surface area contributed by atoms with E-state index >= 15 is 0 Å². The van der Waals surface area contributed by atoms with E-state index in [9.17, 15) is 14.7 Å². The van der Waals surface area contributed by atoms with Gasteiger partial charge in [0.15, 0.2) is 0 Å². The second kappa shape index (κ2) is 7.74. The average molecular weight is 347 g/mol. The van der Waals surface area contributed by atoms with Crippen LogP contribution in [0.15, 0.2) is 18.2 Å². The number of ether oxygens (including phenoxy) is 1. The molecule has 1 aromatic carbocycles. The molecule has 0 spiro atoms. The summed E-state index contributed by atoms with van der Waals surface area (Å²) in [5, 5.41) is 15.2. The van der Waals surface area contributed by atoms with E-state index < -0.39 is 0 Å². The number of anilines is 1. The van der Waals surface area contributed by atoms with Gasteiger partial charge in [0, 0.05) is 18.2 Å². The van der Waals surface area contributed by atoms with Gasteiger partial charge in [0.2, 0.25) is 0 Å². The van der Waals surface area contributed by atoms with Gasteiger partial charge in [-0.15, -0.1) is 0 Å². The molecular weight excluding hydrogens is 322 g/mol. The number of hydrogen-bond donors (Lipinski definition) is 3. The minimum absolute atomic E-state index is 0.0472. The summed E-state index contributed by atoms with van der Waals surface area (Å²) in [6, 6.07) is 4.82. The van der Waals surface area contributed by atoms with Crippen molar-refractivity contribution in [1.82, 2.24) is 10.2 Å². The van der Waals surface area contributed by atoms with Crippen molar-refractivity contribution < 1.29 is 19.4 Å². The molecule has 3 rings (SSSR count). The normalized spacial score (nSPS) is 20.1. The molecular formula is C18H25N3O4. The Morgan fingerprint density at radius 3 is 2.76 bits per heavy atom. The number of rotatable bonds is 5. The molecule has 0 unspecified atom stereocenters. The number of amides is 3. The highest BCUT2D eigenvalue weighted by molar-refractivity contribution is 5.98. The number of nitrogens with zero attached hydrogens (tertiary/aromatic N) is 1. The number of hydrogen-bond acceptors (Lipinski definition) is 4. The van der Waals surface area contributed by atoms with Gasteiger partial charge in [0.1, 0.15) is 5.75 Å². The molecule has 1 saturated heterocycles. The maximum absolute atomic E-state index is 12.6. The molecule has 2 fully saturated rings. The Bertz CT molecular complexity index is 645. The summed E-state index contributed by atoms with van der Waals surface area (Å²) in [6.07, 6.45) is 4.76. The van der Waals surface area contributed by atoms with Gasteiger partial charge in [-0.3, -0.25) is 4.79 Å². The quantitative estimate of drug-likeness (QED) is 0.759.